The topological polar surface area (TPSA) is 57.7 Å². The second-order valence-electron chi connectivity index (χ2n) is 5.42. The summed E-state index contributed by atoms with van der Waals surface area (Å²) in [4.78, 5) is 11.2. The van der Waals surface area contributed by atoms with Crippen LogP contribution in [-0.4, -0.2) is 32.8 Å². The van der Waals surface area contributed by atoms with Crippen molar-refractivity contribution in [3.63, 3.8) is 0 Å². The van der Waals surface area contributed by atoms with E-state index in [1.54, 1.807) is 6.33 Å². The highest BCUT2D eigenvalue weighted by atomic mass is 15.2. The lowest BCUT2D eigenvalue weighted by atomic mass is 9.92. The fourth-order valence-electron chi connectivity index (χ4n) is 3.70. The van der Waals surface area contributed by atoms with Crippen molar-refractivity contribution in [3.05, 3.63) is 12.5 Å². The first-order chi connectivity index (χ1) is 8.93. The summed E-state index contributed by atoms with van der Waals surface area (Å²) in [5, 5.41) is 8.08. The number of anilines is 1. The molecule has 1 aliphatic carbocycles. The molecule has 2 aromatic rings. The van der Waals surface area contributed by atoms with Crippen molar-refractivity contribution in [2.24, 2.45) is 5.92 Å². The van der Waals surface area contributed by atoms with Gasteiger partial charge in [-0.2, -0.15) is 5.10 Å². The molecule has 1 N–H and O–H groups in total. The SMILES string of the molecule is c1nc(N2CCC[C@@H]3CCC[C@H]32)c2cn[nH]c2n1. The molecule has 0 amide bonds. The van der Waals surface area contributed by atoms with E-state index in [4.69, 9.17) is 0 Å². The number of piperidine rings is 1. The van der Waals surface area contributed by atoms with Gasteiger partial charge >= 0.3 is 0 Å². The van der Waals surface area contributed by atoms with Crippen LogP contribution in [0.1, 0.15) is 32.1 Å². The van der Waals surface area contributed by atoms with Gasteiger partial charge in [0.05, 0.1) is 11.6 Å². The fraction of sp³-hybridized carbons (Fsp3) is 0.615. The molecule has 2 fully saturated rings. The summed E-state index contributed by atoms with van der Waals surface area (Å²) in [7, 11) is 0. The predicted octanol–water partition coefficient (Wildman–Crippen LogP) is 2.12. The Labute approximate surface area is 106 Å². The van der Waals surface area contributed by atoms with Gasteiger partial charge in [-0.1, -0.05) is 6.42 Å². The first kappa shape index (κ1) is 10.3. The quantitative estimate of drug-likeness (QED) is 0.833. The van der Waals surface area contributed by atoms with Crippen LogP contribution in [0.2, 0.25) is 0 Å². The fourth-order valence-corrected chi connectivity index (χ4v) is 3.70. The van der Waals surface area contributed by atoms with Gasteiger partial charge in [0.25, 0.3) is 0 Å². The molecular formula is C13H17N5. The Kier molecular flexibility index (Phi) is 2.25. The molecule has 94 valence electrons. The Morgan fingerprint density at radius 1 is 1.17 bits per heavy atom. The molecule has 4 rings (SSSR count). The van der Waals surface area contributed by atoms with Crippen molar-refractivity contribution in [2.75, 3.05) is 11.4 Å². The zero-order chi connectivity index (χ0) is 11.9. The summed E-state index contributed by atoms with van der Waals surface area (Å²) in [6, 6.07) is 0.687. The number of hydrogen-bond donors (Lipinski definition) is 1. The van der Waals surface area contributed by atoms with E-state index in [-0.39, 0.29) is 0 Å². The Hall–Kier alpha value is -1.65. The molecular weight excluding hydrogens is 226 g/mol. The molecule has 3 heterocycles. The highest BCUT2D eigenvalue weighted by Crippen LogP contribution is 2.39. The van der Waals surface area contributed by atoms with Crippen molar-refractivity contribution in [1.29, 1.82) is 0 Å². The van der Waals surface area contributed by atoms with Crippen molar-refractivity contribution in [2.45, 2.75) is 38.1 Å². The van der Waals surface area contributed by atoms with E-state index in [0.717, 1.165) is 29.3 Å². The molecule has 0 aromatic carbocycles. The van der Waals surface area contributed by atoms with Crippen LogP contribution < -0.4 is 4.90 Å². The minimum absolute atomic E-state index is 0.687. The van der Waals surface area contributed by atoms with Crippen molar-refractivity contribution in [1.82, 2.24) is 20.2 Å². The van der Waals surface area contributed by atoms with E-state index < -0.39 is 0 Å². The number of H-pyrrole nitrogens is 1. The molecule has 5 heteroatoms. The molecule has 0 unspecified atom stereocenters. The predicted molar refractivity (Wildman–Crippen MR) is 69.4 cm³/mol. The van der Waals surface area contributed by atoms with Crippen molar-refractivity contribution in [3.8, 4) is 0 Å². The average molecular weight is 243 g/mol. The minimum Gasteiger partial charge on any atom is -0.353 e. The standard InChI is InChI=1S/C13H17N5/c1-3-9-4-2-6-18(11(9)5-1)13-10-7-16-17-12(10)14-8-15-13/h7-9,11H,1-6H2,(H,14,15,16,17)/t9-,11+/m0/s1. The largest absolute Gasteiger partial charge is 0.353 e. The number of hydrogen-bond acceptors (Lipinski definition) is 4. The zero-order valence-electron chi connectivity index (χ0n) is 10.3. The first-order valence-corrected chi connectivity index (χ1v) is 6.84. The average Bonchev–Trinajstić information content (AvgIpc) is 3.06. The molecule has 18 heavy (non-hydrogen) atoms. The van der Waals surface area contributed by atoms with Gasteiger partial charge in [0.1, 0.15) is 12.1 Å². The van der Waals surface area contributed by atoms with Crippen molar-refractivity contribution < 1.29 is 0 Å². The summed E-state index contributed by atoms with van der Waals surface area (Å²) in [6.07, 6.45) is 10.2. The van der Waals surface area contributed by atoms with Gasteiger partial charge in [-0.15, -0.1) is 0 Å². The second-order valence-corrected chi connectivity index (χ2v) is 5.42. The molecule has 0 spiro atoms. The third-order valence-corrected chi connectivity index (χ3v) is 4.49. The zero-order valence-corrected chi connectivity index (χ0v) is 10.3. The van der Waals surface area contributed by atoms with Gasteiger partial charge in [0, 0.05) is 12.6 Å². The molecule has 0 bridgehead atoms. The third-order valence-electron chi connectivity index (χ3n) is 4.49. The number of nitrogens with one attached hydrogen (secondary N) is 1. The van der Waals surface area contributed by atoms with Crippen LogP contribution in [0, 0.1) is 5.92 Å². The minimum atomic E-state index is 0.687. The lowest BCUT2D eigenvalue weighted by molar-refractivity contribution is 0.361. The highest BCUT2D eigenvalue weighted by Gasteiger charge is 2.36. The Balaban J connectivity index is 1.79. The van der Waals surface area contributed by atoms with Crippen LogP contribution in [0.4, 0.5) is 5.82 Å². The summed E-state index contributed by atoms with van der Waals surface area (Å²) < 4.78 is 0. The number of aromatic nitrogens is 4. The number of aromatic amines is 1. The van der Waals surface area contributed by atoms with Gasteiger partial charge in [0.15, 0.2) is 5.65 Å². The monoisotopic (exact) mass is 243 g/mol. The maximum absolute atomic E-state index is 4.52. The smallest absolute Gasteiger partial charge is 0.160 e. The maximum Gasteiger partial charge on any atom is 0.160 e. The van der Waals surface area contributed by atoms with E-state index in [0.29, 0.717) is 6.04 Å². The van der Waals surface area contributed by atoms with E-state index in [2.05, 4.69) is 25.1 Å². The van der Waals surface area contributed by atoms with Gasteiger partial charge in [-0.3, -0.25) is 5.10 Å². The van der Waals surface area contributed by atoms with E-state index >= 15 is 0 Å². The Morgan fingerprint density at radius 3 is 3.11 bits per heavy atom. The lowest BCUT2D eigenvalue weighted by Crippen LogP contribution is -2.43. The lowest BCUT2D eigenvalue weighted by Gasteiger charge is -2.38. The van der Waals surface area contributed by atoms with E-state index in [1.165, 1.54) is 32.1 Å². The number of nitrogens with zero attached hydrogens (tertiary/aromatic N) is 4. The van der Waals surface area contributed by atoms with Crippen LogP contribution in [0.25, 0.3) is 11.0 Å². The van der Waals surface area contributed by atoms with Crippen molar-refractivity contribution >= 4 is 16.9 Å². The van der Waals surface area contributed by atoms with Gasteiger partial charge in [0.2, 0.25) is 0 Å². The van der Waals surface area contributed by atoms with E-state index in [9.17, 15) is 0 Å². The third kappa shape index (κ3) is 1.43. The molecule has 0 radical (unpaired) electrons. The van der Waals surface area contributed by atoms with Crippen LogP contribution in [0.3, 0.4) is 0 Å². The van der Waals surface area contributed by atoms with E-state index in [1.807, 2.05) is 6.20 Å². The molecule has 5 nitrogen and oxygen atoms in total. The van der Waals surface area contributed by atoms with Gasteiger partial charge < -0.3 is 4.90 Å². The van der Waals surface area contributed by atoms with Crippen LogP contribution >= 0.6 is 0 Å². The van der Waals surface area contributed by atoms with Gasteiger partial charge in [-0.05, 0) is 31.6 Å². The maximum atomic E-state index is 4.52. The normalized spacial score (nSPS) is 27.7. The second kappa shape index (κ2) is 3.93. The summed E-state index contributed by atoms with van der Waals surface area (Å²) in [6.45, 7) is 1.12. The summed E-state index contributed by atoms with van der Waals surface area (Å²) >= 11 is 0. The molecule has 2 aliphatic rings. The number of fused-ring (bicyclic) bond motifs is 2. The first-order valence-electron chi connectivity index (χ1n) is 6.84. The Morgan fingerprint density at radius 2 is 2.11 bits per heavy atom. The molecule has 2 atom stereocenters. The summed E-state index contributed by atoms with van der Waals surface area (Å²) in [5.74, 6) is 1.95. The van der Waals surface area contributed by atoms with Gasteiger partial charge in [-0.25, -0.2) is 9.97 Å². The van der Waals surface area contributed by atoms with Crippen LogP contribution in [0.5, 0.6) is 0 Å². The number of rotatable bonds is 1. The molecule has 2 aromatic heterocycles. The molecule has 1 aliphatic heterocycles. The molecule has 1 saturated carbocycles. The highest BCUT2D eigenvalue weighted by molar-refractivity contribution is 5.86. The van der Waals surface area contributed by atoms with Crippen LogP contribution in [0.15, 0.2) is 12.5 Å². The molecule has 1 saturated heterocycles. The van der Waals surface area contributed by atoms with Crippen LogP contribution in [-0.2, 0) is 0 Å². The Bertz CT molecular complexity index is 563. The summed E-state index contributed by atoms with van der Waals surface area (Å²) in [5.41, 5.74) is 0.847.